The lowest BCUT2D eigenvalue weighted by Gasteiger charge is -2.40. The minimum atomic E-state index is -1.66. The first-order valence-electron chi connectivity index (χ1n) is 32.1. The number of ether oxygens (including phenoxy) is 2. The summed E-state index contributed by atoms with van der Waals surface area (Å²) in [6.07, 6.45) is 52.0. The van der Waals surface area contributed by atoms with Crippen molar-refractivity contribution in [1.82, 2.24) is 5.32 Å². The van der Waals surface area contributed by atoms with Gasteiger partial charge in [-0.1, -0.05) is 289 Å². The molecule has 1 fully saturated rings. The van der Waals surface area contributed by atoms with Crippen molar-refractivity contribution in [2.75, 3.05) is 13.2 Å². The van der Waals surface area contributed by atoms with Crippen molar-refractivity contribution < 1.29 is 50.0 Å². The van der Waals surface area contributed by atoms with Gasteiger partial charge in [0.15, 0.2) is 6.29 Å². The highest BCUT2D eigenvalue weighted by Crippen LogP contribution is 2.24. The maximum Gasteiger partial charge on any atom is 0.249 e. The molecule has 440 valence electrons. The molecule has 11 heteroatoms. The number of hydrogen-bond donors (Lipinski definition) is 8. The molecular formula is C63H123NO10. The molecule has 9 unspecified atom stereocenters. The number of nitrogens with one attached hydrogen (secondary N) is 1. The van der Waals surface area contributed by atoms with E-state index in [1.807, 2.05) is 0 Å². The summed E-state index contributed by atoms with van der Waals surface area (Å²) in [5, 5.41) is 75.8. The lowest BCUT2D eigenvalue weighted by atomic mass is 9.98. The second-order valence-corrected chi connectivity index (χ2v) is 22.8. The molecule has 1 amide bonds. The topological polar surface area (TPSA) is 189 Å². The third kappa shape index (κ3) is 40.1. The lowest BCUT2D eigenvalue weighted by Crippen LogP contribution is -2.60. The summed E-state index contributed by atoms with van der Waals surface area (Å²) in [5.74, 6) is -0.694. The van der Waals surface area contributed by atoms with Gasteiger partial charge in [-0.05, 0) is 38.5 Å². The smallest absolute Gasteiger partial charge is 0.249 e. The van der Waals surface area contributed by atoms with Crippen LogP contribution < -0.4 is 5.32 Å². The monoisotopic (exact) mass is 1050 g/mol. The number of carbonyl (C=O) groups excluding carboxylic acids is 1. The summed E-state index contributed by atoms with van der Waals surface area (Å²) in [6.45, 7) is 3.45. The van der Waals surface area contributed by atoms with Crippen molar-refractivity contribution >= 4 is 5.91 Å². The largest absolute Gasteiger partial charge is 0.394 e. The first-order valence-corrected chi connectivity index (χ1v) is 32.1. The van der Waals surface area contributed by atoms with Crippen molar-refractivity contribution in [2.24, 2.45) is 0 Å². The Labute approximate surface area is 455 Å². The summed E-state index contributed by atoms with van der Waals surface area (Å²) in [6, 6.07) is -1.16. The van der Waals surface area contributed by atoms with Crippen LogP contribution in [0.25, 0.3) is 0 Å². The van der Waals surface area contributed by atoms with Crippen LogP contribution in [0.5, 0.6) is 0 Å². The third-order valence-corrected chi connectivity index (χ3v) is 15.8. The Morgan fingerprint density at radius 1 is 0.459 bits per heavy atom. The average molecular weight is 1050 g/mol. The Morgan fingerprint density at radius 3 is 1.14 bits per heavy atom. The van der Waals surface area contributed by atoms with Gasteiger partial charge in [-0.15, -0.1) is 0 Å². The molecular weight excluding hydrogens is 931 g/mol. The molecule has 1 rings (SSSR count). The Hall–Kier alpha value is -1.15. The molecule has 9 atom stereocenters. The number of amides is 1. The van der Waals surface area contributed by atoms with Crippen LogP contribution in [-0.2, 0) is 14.3 Å². The van der Waals surface area contributed by atoms with E-state index in [0.29, 0.717) is 19.3 Å². The van der Waals surface area contributed by atoms with Crippen LogP contribution in [0, 0.1) is 0 Å². The SMILES string of the molecule is CCCCCCCCCCCCCCCCCCCC/C=C\CCCCCCCCCCCCCCCCCCC(O)C(=O)NC(COC1OC(CO)C(O)C(O)C1O)C(O)C(O)CCCCCCCCCCC. The molecule has 11 nitrogen and oxygen atoms in total. The fraction of sp³-hybridized carbons (Fsp3) is 0.952. The predicted molar refractivity (Wildman–Crippen MR) is 307 cm³/mol. The van der Waals surface area contributed by atoms with Gasteiger partial charge in [-0.25, -0.2) is 0 Å². The molecule has 0 aromatic heterocycles. The van der Waals surface area contributed by atoms with Crippen molar-refractivity contribution in [2.45, 2.75) is 371 Å². The summed E-state index contributed by atoms with van der Waals surface area (Å²) in [7, 11) is 0. The van der Waals surface area contributed by atoms with Crippen molar-refractivity contribution in [3.63, 3.8) is 0 Å². The minimum absolute atomic E-state index is 0.264. The van der Waals surface area contributed by atoms with E-state index in [1.54, 1.807) is 0 Å². The first-order chi connectivity index (χ1) is 36.2. The molecule has 0 saturated carbocycles. The quantitative estimate of drug-likeness (QED) is 0.0215. The van der Waals surface area contributed by atoms with Gasteiger partial charge < -0.3 is 50.5 Å². The maximum absolute atomic E-state index is 13.1. The third-order valence-electron chi connectivity index (χ3n) is 15.8. The van der Waals surface area contributed by atoms with E-state index in [0.717, 1.165) is 38.5 Å². The van der Waals surface area contributed by atoms with Gasteiger partial charge in [-0.2, -0.15) is 0 Å². The molecule has 0 spiro atoms. The molecule has 1 aliphatic rings. The number of unbranched alkanes of at least 4 members (excludes halogenated alkanes) is 42. The van der Waals surface area contributed by atoms with Crippen LogP contribution in [0.2, 0.25) is 0 Å². The van der Waals surface area contributed by atoms with Crippen molar-refractivity contribution in [3.8, 4) is 0 Å². The van der Waals surface area contributed by atoms with E-state index in [1.165, 1.54) is 238 Å². The van der Waals surface area contributed by atoms with E-state index >= 15 is 0 Å². The highest BCUT2D eigenvalue weighted by Gasteiger charge is 2.44. The molecule has 0 bridgehead atoms. The molecule has 1 heterocycles. The highest BCUT2D eigenvalue weighted by molar-refractivity contribution is 5.80. The Morgan fingerprint density at radius 2 is 0.784 bits per heavy atom. The number of rotatable bonds is 56. The fourth-order valence-electron chi connectivity index (χ4n) is 10.6. The maximum atomic E-state index is 13.1. The number of aliphatic hydroxyl groups is 7. The first kappa shape index (κ1) is 70.9. The van der Waals surface area contributed by atoms with Crippen LogP contribution in [0.3, 0.4) is 0 Å². The molecule has 0 aromatic carbocycles. The molecule has 1 aliphatic heterocycles. The molecule has 0 aliphatic carbocycles. The lowest BCUT2D eigenvalue weighted by molar-refractivity contribution is -0.303. The summed E-state index contributed by atoms with van der Waals surface area (Å²) in [4.78, 5) is 13.1. The van der Waals surface area contributed by atoms with Gasteiger partial charge in [0.25, 0.3) is 0 Å². The fourth-order valence-corrected chi connectivity index (χ4v) is 10.6. The zero-order chi connectivity index (χ0) is 54.0. The minimum Gasteiger partial charge on any atom is -0.394 e. The van der Waals surface area contributed by atoms with E-state index < -0.39 is 74.2 Å². The Kier molecular flexibility index (Phi) is 50.3. The van der Waals surface area contributed by atoms with Crippen LogP contribution in [0.1, 0.15) is 316 Å². The predicted octanol–water partition coefficient (Wildman–Crippen LogP) is 14.3. The molecule has 0 aromatic rings. The van der Waals surface area contributed by atoms with Gasteiger partial charge >= 0.3 is 0 Å². The average Bonchev–Trinajstić information content (AvgIpc) is 3.40. The standard InChI is InChI=1S/C63H123NO10/c1-3-5-7-9-11-13-14-15-16-17-18-19-20-21-22-23-24-25-26-27-28-29-30-31-32-33-34-35-36-37-38-39-40-41-43-45-47-49-51-56(67)62(72)64-54(53-73-63-61(71)60(70)59(69)57(52-65)74-63)58(68)55(66)50-48-46-44-42-12-10-8-6-4-2/h27-28,54-61,63,65-71H,3-26,29-53H2,1-2H3,(H,64,72)/b28-27-. The van der Waals surface area contributed by atoms with Gasteiger partial charge in [-0.3, -0.25) is 4.79 Å². The Bertz CT molecular complexity index is 1210. The van der Waals surface area contributed by atoms with Gasteiger partial charge in [0.1, 0.15) is 36.6 Å². The normalized spacial score (nSPS) is 19.8. The number of aliphatic hydroxyl groups excluding tert-OH is 7. The number of carbonyl (C=O) groups is 1. The molecule has 8 N–H and O–H groups in total. The van der Waals surface area contributed by atoms with Gasteiger partial charge in [0, 0.05) is 0 Å². The zero-order valence-electron chi connectivity index (χ0n) is 48.4. The molecule has 1 saturated heterocycles. The van der Waals surface area contributed by atoms with Gasteiger partial charge in [0.2, 0.25) is 5.91 Å². The van der Waals surface area contributed by atoms with E-state index in [4.69, 9.17) is 9.47 Å². The van der Waals surface area contributed by atoms with E-state index in [-0.39, 0.29) is 6.42 Å². The Balaban J connectivity index is 2.06. The van der Waals surface area contributed by atoms with E-state index in [9.17, 15) is 40.5 Å². The summed E-state index contributed by atoms with van der Waals surface area (Å²) in [5.41, 5.74) is 0. The number of allylic oxidation sites excluding steroid dienone is 2. The van der Waals surface area contributed by atoms with Crippen LogP contribution in [0.15, 0.2) is 12.2 Å². The van der Waals surface area contributed by atoms with Crippen LogP contribution >= 0.6 is 0 Å². The highest BCUT2D eigenvalue weighted by atomic mass is 16.7. The summed E-state index contributed by atoms with van der Waals surface area (Å²) >= 11 is 0. The molecule has 0 radical (unpaired) electrons. The van der Waals surface area contributed by atoms with Crippen molar-refractivity contribution in [3.05, 3.63) is 12.2 Å². The van der Waals surface area contributed by atoms with E-state index in [2.05, 4.69) is 31.3 Å². The zero-order valence-corrected chi connectivity index (χ0v) is 48.4. The van der Waals surface area contributed by atoms with Crippen LogP contribution in [-0.4, -0.2) is 110 Å². The summed E-state index contributed by atoms with van der Waals surface area (Å²) < 4.78 is 11.1. The second kappa shape index (κ2) is 52.5. The van der Waals surface area contributed by atoms with Crippen molar-refractivity contribution in [1.29, 1.82) is 0 Å². The van der Waals surface area contributed by atoms with Gasteiger partial charge in [0.05, 0.1) is 25.4 Å². The van der Waals surface area contributed by atoms with Crippen LogP contribution in [0.4, 0.5) is 0 Å². The second-order valence-electron chi connectivity index (χ2n) is 22.8. The number of hydrogen-bond acceptors (Lipinski definition) is 10. The molecule has 74 heavy (non-hydrogen) atoms.